The van der Waals surface area contributed by atoms with Crippen LogP contribution in [0.4, 0.5) is 11.4 Å². The molecule has 2 rings (SSSR count). The van der Waals surface area contributed by atoms with Crippen LogP contribution in [0.15, 0.2) is 36.4 Å². The van der Waals surface area contributed by atoms with Crippen LogP contribution >= 0.6 is 23.2 Å². The Bertz CT molecular complexity index is 690. The summed E-state index contributed by atoms with van der Waals surface area (Å²) in [5.74, 6) is 0.468. The van der Waals surface area contributed by atoms with Crippen molar-refractivity contribution in [2.45, 2.75) is 6.92 Å². The lowest BCUT2D eigenvalue weighted by atomic mass is 10.2. The fourth-order valence-corrected chi connectivity index (χ4v) is 2.38. The quantitative estimate of drug-likeness (QED) is 0.851. The van der Waals surface area contributed by atoms with E-state index in [4.69, 9.17) is 27.9 Å². The predicted molar refractivity (Wildman–Crippen MR) is 91.3 cm³/mol. The number of aryl methyl sites for hydroxylation is 1. The van der Waals surface area contributed by atoms with Gasteiger partial charge in [-0.15, -0.1) is 0 Å². The molecule has 0 heterocycles. The summed E-state index contributed by atoms with van der Waals surface area (Å²) in [5.41, 5.74) is 2.36. The molecule has 0 unspecified atom stereocenters. The van der Waals surface area contributed by atoms with Gasteiger partial charge in [0.05, 0.1) is 30.1 Å². The SMILES string of the molecule is COc1ccc(C)cc1NCC(=O)Nc1ccc(Cl)cc1Cl. The first-order valence-electron chi connectivity index (χ1n) is 6.63. The summed E-state index contributed by atoms with van der Waals surface area (Å²) in [4.78, 5) is 12.0. The smallest absolute Gasteiger partial charge is 0.243 e. The first kappa shape index (κ1) is 16.5. The van der Waals surface area contributed by atoms with Gasteiger partial charge < -0.3 is 15.4 Å². The molecule has 0 saturated heterocycles. The Balaban J connectivity index is 2.00. The number of carbonyl (C=O) groups is 1. The topological polar surface area (TPSA) is 50.4 Å². The lowest BCUT2D eigenvalue weighted by Crippen LogP contribution is -2.22. The molecule has 2 N–H and O–H groups in total. The second-order valence-corrected chi connectivity index (χ2v) is 5.57. The number of benzene rings is 2. The summed E-state index contributed by atoms with van der Waals surface area (Å²) in [6.45, 7) is 2.07. The Kier molecular flexibility index (Phi) is 5.52. The van der Waals surface area contributed by atoms with E-state index in [1.807, 2.05) is 25.1 Å². The highest BCUT2D eigenvalue weighted by Gasteiger charge is 2.08. The molecule has 0 aliphatic carbocycles. The van der Waals surface area contributed by atoms with Crippen LogP contribution in [-0.4, -0.2) is 19.6 Å². The monoisotopic (exact) mass is 338 g/mol. The molecule has 6 heteroatoms. The summed E-state index contributed by atoms with van der Waals surface area (Å²) >= 11 is 11.8. The van der Waals surface area contributed by atoms with E-state index >= 15 is 0 Å². The van der Waals surface area contributed by atoms with Crippen molar-refractivity contribution in [3.63, 3.8) is 0 Å². The van der Waals surface area contributed by atoms with Crippen molar-refractivity contribution in [1.29, 1.82) is 0 Å². The molecule has 0 atom stereocenters. The minimum atomic E-state index is -0.215. The van der Waals surface area contributed by atoms with Crippen molar-refractivity contribution >= 4 is 40.5 Å². The Morgan fingerprint density at radius 3 is 2.59 bits per heavy atom. The number of hydrogen-bond donors (Lipinski definition) is 2. The van der Waals surface area contributed by atoms with Gasteiger partial charge >= 0.3 is 0 Å². The van der Waals surface area contributed by atoms with Crippen LogP contribution < -0.4 is 15.4 Å². The van der Waals surface area contributed by atoms with Crippen LogP contribution in [0, 0.1) is 6.92 Å². The Labute approximate surface area is 139 Å². The maximum atomic E-state index is 12.0. The molecule has 116 valence electrons. The Morgan fingerprint density at radius 1 is 1.14 bits per heavy atom. The van der Waals surface area contributed by atoms with Gasteiger partial charge in [0.2, 0.25) is 5.91 Å². The largest absolute Gasteiger partial charge is 0.495 e. The number of amides is 1. The van der Waals surface area contributed by atoms with E-state index < -0.39 is 0 Å². The molecule has 2 aromatic rings. The van der Waals surface area contributed by atoms with E-state index in [0.717, 1.165) is 11.3 Å². The molecule has 2 aromatic carbocycles. The molecule has 0 fully saturated rings. The van der Waals surface area contributed by atoms with Crippen LogP contribution in [0.5, 0.6) is 5.75 Å². The van der Waals surface area contributed by atoms with Crippen molar-refractivity contribution < 1.29 is 9.53 Å². The molecule has 4 nitrogen and oxygen atoms in total. The van der Waals surface area contributed by atoms with E-state index in [-0.39, 0.29) is 12.5 Å². The van der Waals surface area contributed by atoms with E-state index in [1.165, 1.54) is 0 Å². The zero-order valence-corrected chi connectivity index (χ0v) is 13.8. The molecular weight excluding hydrogens is 323 g/mol. The predicted octanol–water partition coefficient (Wildman–Crippen LogP) is 4.36. The number of halogens is 2. The van der Waals surface area contributed by atoms with E-state index in [9.17, 15) is 4.79 Å². The third-order valence-corrected chi connectivity index (χ3v) is 3.55. The number of rotatable bonds is 5. The Hall–Kier alpha value is -1.91. The molecule has 0 aromatic heterocycles. The third kappa shape index (κ3) is 4.29. The Morgan fingerprint density at radius 2 is 1.91 bits per heavy atom. The van der Waals surface area contributed by atoms with Crippen molar-refractivity contribution in [2.24, 2.45) is 0 Å². The van der Waals surface area contributed by atoms with Gasteiger partial charge in [0, 0.05) is 5.02 Å². The van der Waals surface area contributed by atoms with Gasteiger partial charge in [-0.1, -0.05) is 29.3 Å². The first-order valence-corrected chi connectivity index (χ1v) is 7.38. The van der Waals surface area contributed by atoms with Crippen molar-refractivity contribution in [3.8, 4) is 5.75 Å². The first-order chi connectivity index (χ1) is 10.5. The van der Waals surface area contributed by atoms with Gasteiger partial charge in [0.25, 0.3) is 0 Å². The maximum absolute atomic E-state index is 12.0. The van der Waals surface area contributed by atoms with E-state index in [0.29, 0.717) is 21.5 Å². The number of ether oxygens (including phenoxy) is 1. The number of anilines is 2. The molecule has 0 aliphatic heterocycles. The van der Waals surface area contributed by atoms with Crippen molar-refractivity contribution in [2.75, 3.05) is 24.3 Å². The highest BCUT2D eigenvalue weighted by atomic mass is 35.5. The minimum Gasteiger partial charge on any atom is -0.495 e. The average Bonchev–Trinajstić information content (AvgIpc) is 2.48. The van der Waals surface area contributed by atoms with E-state index in [2.05, 4.69) is 10.6 Å². The standard InChI is InChI=1S/C16H16Cl2N2O2/c1-10-3-6-15(22-2)14(7-10)19-9-16(21)20-13-5-4-11(17)8-12(13)18/h3-8,19H,9H2,1-2H3,(H,20,21). The number of carbonyl (C=O) groups excluding carboxylic acids is 1. The molecule has 0 saturated carbocycles. The van der Waals surface area contributed by atoms with Gasteiger partial charge in [-0.25, -0.2) is 0 Å². The number of methoxy groups -OCH3 is 1. The minimum absolute atomic E-state index is 0.0960. The van der Waals surface area contributed by atoms with Crippen LogP contribution in [-0.2, 0) is 4.79 Å². The van der Waals surface area contributed by atoms with Gasteiger partial charge in [0.15, 0.2) is 0 Å². The molecule has 0 radical (unpaired) electrons. The number of nitrogens with one attached hydrogen (secondary N) is 2. The highest BCUT2D eigenvalue weighted by Crippen LogP contribution is 2.26. The summed E-state index contributed by atoms with van der Waals surface area (Å²) < 4.78 is 5.25. The fraction of sp³-hybridized carbons (Fsp3) is 0.188. The lowest BCUT2D eigenvalue weighted by Gasteiger charge is -2.12. The van der Waals surface area contributed by atoms with Gasteiger partial charge in [-0.2, -0.15) is 0 Å². The normalized spacial score (nSPS) is 10.2. The second-order valence-electron chi connectivity index (χ2n) is 4.73. The molecule has 1 amide bonds. The van der Waals surface area contributed by atoms with Crippen LogP contribution in [0.1, 0.15) is 5.56 Å². The van der Waals surface area contributed by atoms with Gasteiger partial charge in [-0.3, -0.25) is 4.79 Å². The maximum Gasteiger partial charge on any atom is 0.243 e. The van der Waals surface area contributed by atoms with Crippen molar-refractivity contribution in [3.05, 3.63) is 52.0 Å². The third-order valence-electron chi connectivity index (χ3n) is 3.00. The lowest BCUT2D eigenvalue weighted by molar-refractivity contribution is -0.114. The molecule has 22 heavy (non-hydrogen) atoms. The summed E-state index contributed by atoms with van der Waals surface area (Å²) in [7, 11) is 1.59. The van der Waals surface area contributed by atoms with Crippen LogP contribution in [0.25, 0.3) is 0 Å². The van der Waals surface area contributed by atoms with Crippen LogP contribution in [0.2, 0.25) is 10.0 Å². The molecule has 0 spiro atoms. The fourth-order valence-electron chi connectivity index (χ4n) is 1.92. The second kappa shape index (κ2) is 7.38. The van der Waals surface area contributed by atoms with Gasteiger partial charge in [0.1, 0.15) is 5.75 Å². The molecule has 0 bridgehead atoms. The van der Waals surface area contributed by atoms with Crippen molar-refractivity contribution in [1.82, 2.24) is 0 Å². The zero-order valence-electron chi connectivity index (χ0n) is 12.2. The molecular formula is C16H16Cl2N2O2. The summed E-state index contributed by atoms with van der Waals surface area (Å²) in [6, 6.07) is 10.6. The van der Waals surface area contributed by atoms with E-state index in [1.54, 1.807) is 25.3 Å². The van der Waals surface area contributed by atoms with Gasteiger partial charge in [-0.05, 0) is 42.8 Å². The molecule has 0 aliphatic rings. The summed E-state index contributed by atoms with van der Waals surface area (Å²) in [6.07, 6.45) is 0. The summed E-state index contributed by atoms with van der Waals surface area (Å²) in [5, 5.41) is 6.69. The zero-order chi connectivity index (χ0) is 16.1. The van der Waals surface area contributed by atoms with Crippen LogP contribution in [0.3, 0.4) is 0 Å². The average molecular weight is 339 g/mol. The number of hydrogen-bond acceptors (Lipinski definition) is 3. The highest BCUT2D eigenvalue weighted by molar-refractivity contribution is 6.36.